The highest BCUT2D eigenvalue weighted by molar-refractivity contribution is 6.12. The number of aromatic nitrogens is 2. The molecule has 2 aliphatic rings. The molecule has 3 heteroatoms. The minimum absolute atomic E-state index is 0.255. The summed E-state index contributed by atoms with van der Waals surface area (Å²) in [7, 11) is 0. The summed E-state index contributed by atoms with van der Waals surface area (Å²) in [5.74, 6) is 0. The molecule has 0 saturated carbocycles. The first-order valence-corrected chi connectivity index (χ1v) is 18.4. The van der Waals surface area contributed by atoms with Crippen LogP contribution in [0.4, 0.5) is 17.1 Å². The number of fused-ring (bicyclic) bond motifs is 13. The lowest BCUT2D eigenvalue weighted by Crippen LogP contribution is -2.30. The van der Waals surface area contributed by atoms with E-state index >= 15 is 0 Å². The Kier molecular flexibility index (Phi) is 6.30. The van der Waals surface area contributed by atoms with Crippen molar-refractivity contribution in [3.05, 3.63) is 187 Å². The van der Waals surface area contributed by atoms with Crippen LogP contribution in [0.5, 0.6) is 0 Å². The number of pyridine rings is 1. The Bertz CT molecular complexity index is 2880. The SMILES string of the molecule is CC1(C)c2ccccc2N(c2ccccc2)c2cc3c(cc21)-c1ncccc1-c1ccccc1-c1c-3cccc1-n1c2ccccc2c2ccccc21. The third-order valence-electron chi connectivity index (χ3n) is 11.6. The Balaban J connectivity index is 1.31. The van der Waals surface area contributed by atoms with E-state index in [0.29, 0.717) is 0 Å². The van der Waals surface area contributed by atoms with Gasteiger partial charge in [-0.1, -0.05) is 129 Å². The number of nitrogens with zero attached hydrogens (tertiary/aromatic N) is 3. The lowest BCUT2D eigenvalue weighted by Gasteiger charge is -2.43. The second-order valence-electron chi connectivity index (χ2n) is 14.7. The summed E-state index contributed by atoms with van der Waals surface area (Å²) >= 11 is 0. The molecule has 1 aliphatic carbocycles. The maximum atomic E-state index is 5.19. The quantitative estimate of drug-likeness (QED) is 0.182. The minimum Gasteiger partial charge on any atom is -0.310 e. The third kappa shape index (κ3) is 4.19. The summed E-state index contributed by atoms with van der Waals surface area (Å²) in [5.41, 5.74) is 18.7. The Morgan fingerprint density at radius 1 is 0.434 bits per heavy atom. The minimum atomic E-state index is -0.255. The van der Waals surface area contributed by atoms with Gasteiger partial charge >= 0.3 is 0 Å². The Morgan fingerprint density at radius 2 is 1.06 bits per heavy atom. The fourth-order valence-corrected chi connectivity index (χ4v) is 9.21. The van der Waals surface area contributed by atoms with Crippen LogP contribution in [0.2, 0.25) is 0 Å². The molecule has 0 saturated heterocycles. The van der Waals surface area contributed by atoms with Gasteiger partial charge in [0.2, 0.25) is 0 Å². The Hall–Kier alpha value is -6.71. The van der Waals surface area contributed by atoms with Crippen molar-refractivity contribution in [2.45, 2.75) is 19.3 Å². The van der Waals surface area contributed by atoms with Crippen LogP contribution in [0.15, 0.2) is 176 Å². The molecule has 9 aromatic rings. The third-order valence-corrected chi connectivity index (χ3v) is 11.6. The summed E-state index contributed by atoms with van der Waals surface area (Å²) in [6, 6.07) is 62.3. The smallest absolute Gasteiger partial charge is 0.0786 e. The van der Waals surface area contributed by atoms with Gasteiger partial charge in [0, 0.05) is 44.8 Å². The van der Waals surface area contributed by atoms with Gasteiger partial charge in [0.25, 0.3) is 0 Å². The normalized spacial score (nSPS) is 13.6. The number of hydrogen-bond acceptors (Lipinski definition) is 2. The van der Waals surface area contributed by atoms with Gasteiger partial charge in [-0.2, -0.15) is 0 Å². The van der Waals surface area contributed by atoms with Crippen molar-refractivity contribution >= 4 is 38.9 Å². The Morgan fingerprint density at radius 3 is 1.85 bits per heavy atom. The summed E-state index contributed by atoms with van der Waals surface area (Å²) in [6.45, 7) is 4.73. The van der Waals surface area contributed by atoms with Crippen LogP contribution in [-0.4, -0.2) is 9.55 Å². The van der Waals surface area contributed by atoms with Gasteiger partial charge < -0.3 is 9.47 Å². The van der Waals surface area contributed by atoms with Crippen LogP contribution in [0.25, 0.3) is 72.1 Å². The van der Waals surface area contributed by atoms with Crippen LogP contribution < -0.4 is 4.90 Å². The zero-order chi connectivity index (χ0) is 35.3. The molecular formula is C50H35N3. The highest BCUT2D eigenvalue weighted by atomic mass is 15.2. The molecule has 250 valence electrons. The first-order chi connectivity index (χ1) is 26.1. The van der Waals surface area contributed by atoms with Gasteiger partial charge in [0.05, 0.1) is 33.8 Å². The highest BCUT2D eigenvalue weighted by Gasteiger charge is 2.39. The summed E-state index contributed by atoms with van der Waals surface area (Å²) < 4.78 is 2.47. The van der Waals surface area contributed by atoms with Crippen molar-refractivity contribution in [2.24, 2.45) is 0 Å². The van der Waals surface area contributed by atoms with Gasteiger partial charge in [0.1, 0.15) is 0 Å². The summed E-state index contributed by atoms with van der Waals surface area (Å²) in [6.07, 6.45) is 1.94. The molecule has 0 fully saturated rings. The fourth-order valence-electron chi connectivity index (χ4n) is 9.21. The number of benzene rings is 7. The van der Waals surface area contributed by atoms with E-state index in [2.05, 4.69) is 193 Å². The van der Waals surface area contributed by atoms with Crippen LogP contribution in [0.3, 0.4) is 0 Å². The topological polar surface area (TPSA) is 21.1 Å². The molecule has 3 heterocycles. The average molecular weight is 678 g/mol. The molecule has 0 bridgehead atoms. The molecule has 0 atom stereocenters. The molecular weight excluding hydrogens is 643 g/mol. The van der Waals surface area contributed by atoms with Crippen molar-refractivity contribution in [3.8, 4) is 50.3 Å². The predicted molar refractivity (Wildman–Crippen MR) is 221 cm³/mol. The monoisotopic (exact) mass is 677 g/mol. The molecule has 53 heavy (non-hydrogen) atoms. The van der Waals surface area contributed by atoms with Gasteiger partial charge in [-0.3, -0.25) is 4.98 Å². The maximum Gasteiger partial charge on any atom is 0.0786 e. The zero-order valence-corrected chi connectivity index (χ0v) is 29.6. The van der Waals surface area contributed by atoms with Crippen molar-refractivity contribution in [2.75, 3.05) is 4.90 Å². The highest BCUT2D eigenvalue weighted by Crippen LogP contribution is 2.57. The number of rotatable bonds is 2. The van der Waals surface area contributed by atoms with E-state index < -0.39 is 0 Å². The molecule has 1 aliphatic heterocycles. The van der Waals surface area contributed by atoms with Crippen LogP contribution in [0.1, 0.15) is 25.0 Å². The lowest BCUT2D eigenvalue weighted by atomic mass is 9.71. The van der Waals surface area contributed by atoms with E-state index in [-0.39, 0.29) is 5.41 Å². The molecule has 0 amide bonds. The standard InChI is InChI=1S/C50H35N3/c1-50(2)41-24-10-13-27-45(41)52(32-16-4-3-5-17-32)47-31-39-37-22-14-28-46(53-43-25-11-8-19-34(43)35-20-9-12-26-44(35)53)48(37)36-21-7-6-18-33(36)38-23-15-29-51-49(38)40(39)30-42(47)50/h3-31H,1-2H3. The van der Waals surface area contributed by atoms with Crippen molar-refractivity contribution in [1.29, 1.82) is 0 Å². The molecule has 0 N–H and O–H groups in total. The number of anilines is 3. The van der Waals surface area contributed by atoms with E-state index in [1.54, 1.807) is 0 Å². The maximum absolute atomic E-state index is 5.19. The summed E-state index contributed by atoms with van der Waals surface area (Å²) in [4.78, 5) is 7.64. The van der Waals surface area contributed by atoms with Gasteiger partial charge in [-0.05, 0) is 88.0 Å². The van der Waals surface area contributed by atoms with E-state index in [4.69, 9.17) is 4.98 Å². The molecule has 0 unspecified atom stereocenters. The lowest BCUT2D eigenvalue weighted by molar-refractivity contribution is 0.632. The zero-order valence-electron chi connectivity index (χ0n) is 29.6. The van der Waals surface area contributed by atoms with Crippen molar-refractivity contribution in [1.82, 2.24) is 9.55 Å². The second-order valence-corrected chi connectivity index (χ2v) is 14.7. The average Bonchev–Trinajstić information content (AvgIpc) is 3.54. The van der Waals surface area contributed by atoms with Gasteiger partial charge in [0.15, 0.2) is 0 Å². The predicted octanol–water partition coefficient (Wildman–Crippen LogP) is 13.3. The molecule has 11 rings (SSSR count). The van der Waals surface area contributed by atoms with Gasteiger partial charge in [-0.15, -0.1) is 0 Å². The molecule has 0 radical (unpaired) electrons. The molecule has 2 aromatic heterocycles. The largest absolute Gasteiger partial charge is 0.310 e. The van der Waals surface area contributed by atoms with E-state index in [1.807, 2.05) is 6.20 Å². The van der Waals surface area contributed by atoms with Crippen molar-refractivity contribution in [3.63, 3.8) is 0 Å². The van der Waals surface area contributed by atoms with E-state index in [0.717, 1.165) is 28.2 Å². The number of hydrogen-bond donors (Lipinski definition) is 0. The first-order valence-electron chi connectivity index (χ1n) is 18.4. The van der Waals surface area contributed by atoms with E-state index in [1.165, 1.54) is 72.1 Å². The van der Waals surface area contributed by atoms with Crippen LogP contribution in [-0.2, 0) is 5.41 Å². The fraction of sp³-hybridized carbons (Fsp3) is 0.0600. The van der Waals surface area contributed by atoms with Crippen LogP contribution >= 0.6 is 0 Å². The van der Waals surface area contributed by atoms with Gasteiger partial charge in [-0.25, -0.2) is 0 Å². The van der Waals surface area contributed by atoms with Crippen LogP contribution in [0, 0.1) is 0 Å². The Labute approximate surface area is 309 Å². The van der Waals surface area contributed by atoms with Crippen molar-refractivity contribution < 1.29 is 0 Å². The van der Waals surface area contributed by atoms with E-state index in [9.17, 15) is 0 Å². The first kappa shape index (κ1) is 30.0. The molecule has 0 spiro atoms. The number of para-hydroxylation sites is 4. The second kappa shape index (κ2) is 11.1. The molecule has 3 nitrogen and oxygen atoms in total. The molecule has 7 aromatic carbocycles. The summed E-state index contributed by atoms with van der Waals surface area (Å²) in [5, 5.41) is 2.51.